The number of benzene rings is 1. The van der Waals surface area contributed by atoms with Gasteiger partial charge in [0, 0.05) is 30.0 Å². The van der Waals surface area contributed by atoms with E-state index in [9.17, 15) is 9.90 Å². The second kappa shape index (κ2) is 4.75. The van der Waals surface area contributed by atoms with Crippen molar-refractivity contribution in [1.29, 1.82) is 0 Å². The van der Waals surface area contributed by atoms with E-state index in [-0.39, 0.29) is 11.9 Å². The molecular weight excluding hydrogens is 254 g/mol. The predicted molar refractivity (Wildman–Crippen MR) is 78.9 cm³/mol. The summed E-state index contributed by atoms with van der Waals surface area (Å²) >= 11 is 0. The number of nitrogens with zero attached hydrogens (tertiary/aromatic N) is 1. The number of nitrogens with one attached hydrogen (secondary N) is 2. The van der Waals surface area contributed by atoms with Gasteiger partial charge in [0.2, 0.25) is 5.91 Å². The fraction of sp³-hybridized carbons (Fsp3) is 0.533. The number of rotatable bonds is 2. The molecule has 3 N–H and O–H groups in total. The smallest absolute Gasteiger partial charge is 0.246 e. The monoisotopic (exact) mass is 275 g/mol. The van der Waals surface area contributed by atoms with E-state index in [4.69, 9.17) is 0 Å². The molecule has 20 heavy (non-hydrogen) atoms. The van der Waals surface area contributed by atoms with Gasteiger partial charge in [-0.05, 0) is 38.9 Å². The van der Waals surface area contributed by atoms with Crippen molar-refractivity contribution in [3.05, 3.63) is 23.8 Å². The molecule has 1 aromatic rings. The van der Waals surface area contributed by atoms with Gasteiger partial charge >= 0.3 is 0 Å². The molecule has 108 valence electrons. The summed E-state index contributed by atoms with van der Waals surface area (Å²) in [4.78, 5) is 14.1. The number of piperidine rings is 1. The van der Waals surface area contributed by atoms with Crippen LogP contribution in [0.2, 0.25) is 0 Å². The van der Waals surface area contributed by atoms with Crippen LogP contribution < -0.4 is 15.5 Å². The Labute approximate surface area is 119 Å². The Morgan fingerprint density at radius 1 is 1.40 bits per heavy atom. The Balaban J connectivity index is 1.81. The lowest BCUT2D eigenvalue weighted by atomic mass is 9.93. The highest BCUT2D eigenvalue weighted by atomic mass is 16.3. The summed E-state index contributed by atoms with van der Waals surface area (Å²) in [5.74, 6) is 0.00114. The Hall–Kier alpha value is -1.59. The Morgan fingerprint density at radius 3 is 2.75 bits per heavy atom. The molecule has 5 heteroatoms. The van der Waals surface area contributed by atoms with Crippen LogP contribution in [0.4, 0.5) is 11.4 Å². The first kappa shape index (κ1) is 13.4. The van der Waals surface area contributed by atoms with Crippen molar-refractivity contribution in [3.63, 3.8) is 0 Å². The Kier molecular flexibility index (Phi) is 3.18. The van der Waals surface area contributed by atoms with Crippen molar-refractivity contribution >= 4 is 17.3 Å². The number of carbonyl (C=O) groups excluding carboxylic acids is 1. The van der Waals surface area contributed by atoms with Crippen LogP contribution in [0.1, 0.15) is 31.4 Å². The number of carbonyl (C=O) groups is 1. The fourth-order valence-corrected chi connectivity index (χ4v) is 2.98. The minimum Gasteiger partial charge on any atom is -0.390 e. The van der Waals surface area contributed by atoms with Crippen molar-refractivity contribution in [1.82, 2.24) is 5.32 Å². The lowest BCUT2D eigenvalue weighted by molar-refractivity contribution is -0.117. The number of amides is 1. The molecule has 2 aliphatic heterocycles. The maximum absolute atomic E-state index is 11.8. The van der Waals surface area contributed by atoms with Crippen LogP contribution in [0.3, 0.4) is 0 Å². The van der Waals surface area contributed by atoms with E-state index in [1.807, 2.05) is 19.1 Å². The highest BCUT2D eigenvalue weighted by Crippen LogP contribution is 2.35. The van der Waals surface area contributed by atoms with Crippen molar-refractivity contribution in [3.8, 4) is 0 Å². The number of hydrogen-bond donors (Lipinski definition) is 3. The average Bonchev–Trinajstić information content (AvgIpc) is 2.72. The van der Waals surface area contributed by atoms with Crippen LogP contribution in [-0.4, -0.2) is 36.8 Å². The van der Waals surface area contributed by atoms with Gasteiger partial charge in [0.25, 0.3) is 0 Å². The molecule has 3 rings (SSSR count). The predicted octanol–water partition coefficient (Wildman–Crippen LogP) is 1.25. The average molecular weight is 275 g/mol. The second-order valence-electron chi connectivity index (χ2n) is 5.97. The molecule has 2 heterocycles. The van der Waals surface area contributed by atoms with E-state index in [0.29, 0.717) is 0 Å². The number of fused-ring (bicyclic) bond motifs is 1. The van der Waals surface area contributed by atoms with Crippen molar-refractivity contribution < 1.29 is 9.90 Å². The van der Waals surface area contributed by atoms with Crippen molar-refractivity contribution in [2.45, 2.75) is 31.4 Å². The van der Waals surface area contributed by atoms with Gasteiger partial charge in [0.1, 0.15) is 6.04 Å². The summed E-state index contributed by atoms with van der Waals surface area (Å²) in [7, 11) is 1.79. The van der Waals surface area contributed by atoms with Gasteiger partial charge in [-0.2, -0.15) is 0 Å². The summed E-state index contributed by atoms with van der Waals surface area (Å²) in [6.45, 7) is 3.58. The van der Waals surface area contributed by atoms with E-state index < -0.39 is 5.60 Å². The Morgan fingerprint density at radius 2 is 2.10 bits per heavy atom. The minimum atomic E-state index is -0.543. The van der Waals surface area contributed by atoms with Crippen LogP contribution >= 0.6 is 0 Å². The highest BCUT2D eigenvalue weighted by Gasteiger charge is 2.31. The molecule has 1 saturated heterocycles. The molecule has 1 aromatic carbocycles. The molecule has 0 aliphatic carbocycles. The third-order valence-corrected chi connectivity index (χ3v) is 4.36. The van der Waals surface area contributed by atoms with Gasteiger partial charge in [0.15, 0.2) is 0 Å². The number of aliphatic hydroxyl groups is 1. The van der Waals surface area contributed by atoms with Crippen LogP contribution in [0.25, 0.3) is 0 Å². The minimum absolute atomic E-state index is 0.00114. The van der Waals surface area contributed by atoms with Crippen LogP contribution in [0.15, 0.2) is 18.2 Å². The maximum Gasteiger partial charge on any atom is 0.246 e. The van der Waals surface area contributed by atoms with Crippen LogP contribution in [0.5, 0.6) is 0 Å². The molecule has 1 amide bonds. The van der Waals surface area contributed by atoms with E-state index >= 15 is 0 Å². The zero-order chi connectivity index (χ0) is 14.3. The zero-order valence-corrected chi connectivity index (χ0v) is 11.9. The first-order valence-corrected chi connectivity index (χ1v) is 7.09. The largest absolute Gasteiger partial charge is 0.390 e. The van der Waals surface area contributed by atoms with Gasteiger partial charge in [-0.3, -0.25) is 4.79 Å². The van der Waals surface area contributed by atoms with Gasteiger partial charge in [0.05, 0.1) is 5.60 Å². The zero-order valence-electron chi connectivity index (χ0n) is 11.9. The van der Waals surface area contributed by atoms with E-state index in [1.54, 1.807) is 7.05 Å². The van der Waals surface area contributed by atoms with E-state index in [0.717, 1.165) is 42.9 Å². The van der Waals surface area contributed by atoms with Gasteiger partial charge in [-0.15, -0.1) is 0 Å². The van der Waals surface area contributed by atoms with E-state index in [2.05, 4.69) is 21.6 Å². The SMILES string of the molecule is CNC1C(=O)Nc2cc(N3CCC(C)(O)CC3)ccc21. The fourth-order valence-electron chi connectivity index (χ4n) is 2.98. The molecule has 0 spiro atoms. The number of anilines is 2. The van der Waals surface area contributed by atoms with Crippen molar-refractivity contribution in [2.24, 2.45) is 0 Å². The number of likely N-dealkylation sites (N-methyl/N-ethyl adjacent to an activating group) is 1. The first-order chi connectivity index (χ1) is 9.50. The molecular formula is C15H21N3O2. The lowest BCUT2D eigenvalue weighted by Crippen LogP contribution is -2.42. The summed E-state index contributed by atoms with van der Waals surface area (Å²) in [6.07, 6.45) is 1.55. The maximum atomic E-state index is 11.8. The second-order valence-corrected chi connectivity index (χ2v) is 5.97. The first-order valence-electron chi connectivity index (χ1n) is 7.09. The highest BCUT2D eigenvalue weighted by molar-refractivity contribution is 6.03. The summed E-state index contributed by atoms with van der Waals surface area (Å²) in [6, 6.07) is 5.85. The quantitative estimate of drug-likeness (QED) is 0.760. The third-order valence-electron chi connectivity index (χ3n) is 4.36. The molecule has 0 bridgehead atoms. The molecule has 0 aromatic heterocycles. The van der Waals surface area contributed by atoms with Crippen molar-refractivity contribution in [2.75, 3.05) is 30.4 Å². The molecule has 1 unspecified atom stereocenters. The van der Waals surface area contributed by atoms with Gasteiger partial charge in [-0.1, -0.05) is 6.07 Å². The molecule has 0 radical (unpaired) electrons. The van der Waals surface area contributed by atoms with Gasteiger partial charge < -0.3 is 20.6 Å². The summed E-state index contributed by atoms with van der Waals surface area (Å²) in [5, 5.41) is 15.9. The van der Waals surface area contributed by atoms with Gasteiger partial charge in [-0.25, -0.2) is 0 Å². The topological polar surface area (TPSA) is 64.6 Å². The molecule has 1 atom stereocenters. The van der Waals surface area contributed by atoms with Crippen LogP contribution in [-0.2, 0) is 4.79 Å². The summed E-state index contributed by atoms with van der Waals surface area (Å²) in [5.41, 5.74) is 2.46. The molecule has 5 nitrogen and oxygen atoms in total. The standard InChI is InChI=1S/C15H21N3O2/c1-15(20)5-7-18(8-6-15)10-3-4-11-12(9-10)17-14(19)13(11)16-2/h3-4,9,13,16,20H,5-8H2,1-2H3,(H,17,19). The normalized spacial score (nSPS) is 24.4. The third kappa shape index (κ3) is 2.27. The van der Waals surface area contributed by atoms with E-state index in [1.165, 1.54) is 0 Å². The molecule has 1 fully saturated rings. The Bertz CT molecular complexity index is 532. The number of hydrogen-bond acceptors (Lipinski definition) is 4. The lowest BCUT2D eigenvalue weighted by Gasteiger charge is -2.37. The summed E-state index contributed by atoms with van der Waals surface area (Å²) < 4.78 is 0. The molecule has 2 aliphatic rings. The molecule has 0 saturated carbocycles. The van der Waals surface area contributed by atoms with Crippen LogP contribution in [0, 0.1) is 0 Å².